The fourth-order valence-electron chi connectivity index (χ4n) is 5.92. The number of anilines is 2. The summed E-state index contributed by atoms with van der Waals surface area (Å²) in [5.74, 6) is 1.94. The van der Waals surface area contributed by atoms with Gasteiger partial charge in [0.25, 0.3) is 0 Å². The molecule has 4 aliphatic rings. The van der Waals surface area contributed by atoms with Gasteiger partial charge in [0.1, 0.15) is 12.4 Å². The predicted octanol–water partition coefficient (Wildman–Crippen LogP) is 3.91. The second-order valence-electron chi connectivity index (χ2n) is 11.2. The molecule has 2 aromatic rings. The molecule has 194 valence electrons. The lowest BCUT2D eigenvalue weighted by molar-refractivity contribution is -0.159. The Morgan fingerprint density at radius 3 is 2.59 bits per heavy atom. The molecule has 1 unspecified atom stereocenters. The normalized spacial score (nSPS) is 21.8. The first-order valence-electron chi connectivity index (χ1n) is 13.1. The minimum Gasteiger partial charge on any atom is -0.444 e. The summed E-state index contributed by atoms with van der Waals surface area (Å²) in [5, 5.41) is 3.37. The van der Waals surface area contributed by atoms with Crippen LogP contribution in [0.15, 0.2) is 43.1 Å². The van der Waals surface area contributed by atoms with Gasteiger partial charge in [-0.25, -0.2) is 9.78 Å². The maximum atomic E-state index is 11.9. The van der Waals surface area contributed by atoms with E-state index in [9.17, 15) is 9.59 Å². The van der Waals surface area contributed by atoms with E-state index in [1.165, 1.54) is 35.8 Å². The van der Waals surface area contributed by atoms with Crippen LogP contribution in [0.25, 0.3) is 0 Å². The van der Waals surface area contributed by atoms with Gasteiger partial charge < -0.3 is 15.0 Å². The van der Waals surface area contributed by atoms with E-state index in [-0.39, 0.29) is 24.0 Å². The van der Waals surface area contributed by atoms with Crippen molar-refractivity contribution in [3.8, 4) is 0 Å². The summed E-state index contributed by atoms with van der Waals surface area (Å²) in [6, 6.07) is 9.34. The average molecular weight is 503 g/mol. The van der Waals surface area contributed by atoms with E-state index < -0.39 is 6.09 Å². The van der Waals surface area contributed by atoms with Crippen LogP contribution < -0.4 is 10.2 Å². The van der Waals surface area contributed by atoms with E-state index in [4.69, 9.17) is 4.74 Å². The minimum absolute atomic E-state index is 0.00506. The highest BCUT2D eigenvalue weighted by Gasteiger charge is 2.54. The molecule has 2 amide bonds. The number of rotatable bonds is 8. The lowest BCUT2D eigenvalue weighted by Gasteiger charge is -2.62. The van der Waals surface area contributed by atoms with Gasteiger partial charge in [-0.3, -0.25) is 14.6 Å². The van der Waals surface area contributed by atoms with E-state index in [1.807, 2.05) is 4.90 Å². The number of amides is 2. The summed E-state index contributed by atoms with van der Waals surface area (Å²) in [6.07, 6.45) is 6.60. The second-order valence-corrected chi connectivity index (χ2v) is 11.2. The number of nitrogens with zero attached hydrogens (tertiary/aromatic N) is 5. The van der Waals surface area contributed by atoms with Gasteiger partial charge in [-0.05, 0) is 36.5 Å². The molecule has 2 atom stereocenters. The van der Waals surface area contributed by atoms with Crippen molar-refractivity contribution in [2.45, 2.75) is 44.9 Å². The minimum atomic E-state index is -0.408. The lowest BCUT2D eigenvalue weighted by Crippen LogP contribution is -2.73. The van der Waals surface area contributed by atoms with Crippen molar-refractivity contribution in [2.75, 3.05) is 43.4 Å². The fourth-order valence-corrected chi connectivity index (χ4v) is 5.92. The molecule has 4 heterocycles. The van der Waals surface area contributed by atoms with E-state index in [0.717, 1.165) is 43.2 Å². The Morgan fingerprint density at radius 1 is 1.22 bits per heavy atom. The Labute approximate surface area is 217 Å². The summed E-state index contributed by atoms with van der Waals surface area (Å²) >= 11 is 0. The number of cyclic esters (lactones) is 1. The average Bonchev–Trinajstić information content (AvgIpc) is 3.68. The van der Waals surface area contributed by atoms with Crippen molar-refractivity contribution in [3.05, 3.63) is 59.8 Å². The van der Waals surface area contributed by atoms with Crippen LogP contribution in [-0.4, -0.2) is 65.0 Å². The van der Waals surface area contributed by atoms with Crippen LogP contribution in [-0.2, 0) is 16.1 Å². The maximum Gasteiger partial charge on any atom is 0.415 e. The predicted molar refractivity (Wildman–Crippen MR) is 140 cm³/mol. The number of carbonyl (C=O) groups is 2. The van der Waals surface area contributed by atoms with Crippen LogP contribution in [0.3, 0.4) is 0 Å². The monoisotopic (exact) mass is 502 g/mol. The van der Waals surface area contributed by atoms with Crippen LogP contribution in [0.4, 0.5) is 16.6 Å². The number of benzene rings is 1. The van der Waals surface area contributed by atoms with E-state index in [0.29, 0.717) is 17.8 Å². The quantitative estimate of drug-likeness (QED) is 0.548. The molecule has 0 bridgehead atoms. The third-order valence-corrected chi connectivity index (χ3v) is 8.26. The van der Waals surface area contributed by atoms with Gasteiger partial charge in [0.15, 0.2) is 0 Å². The molecule has 3 fully saturated rings. The van der Waals surface area contributed by atoms with Crippen molar-refractivity contribution in [1.82, 2.24) is 19.8 Å². The first-order valence-corrected chi connectivity index (χ1v) is 13.1. The summed E-state index contributed by atoms with van der Waals surface area (Å²) in [6.45, 7) is 9.72. The van der Waals surface area contributed by atoms with E-state index in [2.05, 4.69) is 58.0 Å². The molecule has 1 aliphatic carbocycles. The molecule has 9 heteroatoms. The summed E-state index contributed by atoms with van der Waals surface area (Å²) in [5.41, 5.74) is 3.58. The molecule has 9 nitrogen and oxygen atoms in total. The molecule has 2 saturated heterocycles. The van der Waals surface area contributed by atoms with Crippen molar-refractivity contribution >= 4 is 23.8 Å². The lowest BCUT2D eigenvalue weighted by atomic mass is 9.71. The van der Waals surface area contributed by atoms with Gasteiger partial charge >= 0.3 is 6.09 Å². The highest BCUT2D eigenvalue weighted by atomic mass is 16.6. The smallest absolute Gasteiger partial charge is 0.415 e. The molecular formula is C28H34N6O3. The Hall–Kier alpha value is -3.46. The number of hydrogen-bond acceptors (Lipinski definition) is 7. The van der Waals surface area contributed by atoms with Gasteiger partial charge in [-0.15, -0.1) is 0 Å². The van der Waals surface area contributed by atoms with Crippen molar-refractivity contribution < 1.29 is 14.3 Å². The zero-order valence-corrected chi connectivity index (χ0v) is 21.5. The Morgan fingerprint density at radius 2 is 1.92 bits per heavy atom. The standard InChI is InChI=1S/C28H34N6O3/c1-4-24(35)34-16-28(17-34)14-33(15-28)23(11-19-5-6-19)21-9-7-20(8-10-21)18(2)30-26-29-12-22-13-37-27(36)32(3)25(22)31-26/h4,7-10,12,18-19,23H,1,5-6,11,13-17H2,2-3H3,(H,29,30,31)/t18-,23?/m0/s1. The number of hydrogen-bond donors (Lipinski definition) is 1. The molecule has 1 aromatic carbocycles. The number of fused-ring (bicyclic) bond motifs is 1. The van der Waals surface area contributed by atoms with Gasteiger partial charge in [0.2, 0.25) is 11.9 Å². The van der Waals surface area contributed by atoms with Crippen LogP contribution in [0.5, 0.6) is 0 Å². The molecule has 3 aliphatic heterocycles. The first kappa shape index (κ1) is 23.9. The first-order chi connectivity index (χ1) is 17.8. The maximum absolute atomic E-state index is 11.9. The summed E-state index contributed by atoms with van der Waals surface area (Å²) in [4.78, 5) is 38.6. The molecule has 37 heavy (non-hydrogen) atoms. The van der Waals surface area contributed by atoms with Gasteiger partial charge in [-0.2, -0.15) is 4.98 Å². The van der Waals surface area contributed by atoms with E-state index >= 15 is 0 Å². The number of aromatic nitrogens is 2. The zero-order valence-electron chi connectivity index (χ0n) is 21.5. The Balaban J connectivity index is 1.11. The van der Waals surface area contributed by atoms with E-state index in [1.54, 1.807) is 13.2 Å². The fraction of sp³-hybridized carbons (Fsp3) is 0.500. The van der Waals surface area contributed by atoms with Crippen LogP contribution in [0.1, 0.15) is 55.0 Å². The molecule has 6 rings (SSSR count). The summed E-state index contributed by atoms with van der Waals surface area (Å²) in [7, 11) is 1.65. The molecule has 0 radical (unpaired) electrons. The van der Waals surface area contributed by atoms with Crippen molar-refractivity contribution in [3.63, 3.8) is 0 Å². The third-order valence-electron chi connectivity index (χ3n) is 8.26. The largest absolute Gasteiger partial charge is 0.444 e. The third kappa shape index (κ3) is 4.56. The Bertz CT molecular complexity index is 1210. The van der Waals surface area contributed by atoms with Crippen molar-refractivity contribution in [2.24, 2.45) is 11.3 Å². The van der Waals surface area contributed by atoms with Crippen molar-refractivity contribution in [1.29, 1.82) is 0 Å². The molecule has 1 aromatic heterocycles. The molecule has 1 saturated carbocycles. The highest BCUT2D eigenvalue weighted by Crippen LogP contribution is 2.48. The topological polar surface area (TPSA) is 90.9 Å². The van der Waals surface area contributed by atoms with Crippen LogP contribution in [0, 0.1) is 11.3 Å². The molecule has 1 N–H and O–H groups in total. The van der Waals surface area contributed by atoms with Gasteiger partial charge in [0.05, 0.1) is 11.6 Å². The zero-order chi connectivity index (χ0) is 25.7. The Kier molecular flexibility index (Phi) is 5.90. The number of nitrogens with one attached hydrogen (secondary N) is 1. The second kappa shape index (κ2) is 9.13. The van der Waals surface area contributed by atoms with Gasteiger partial charge in [-0.1, -0.05) is 43.7 Å². The summed E-state index contributed by atoms with van der Waals surface area (Å²) < 4.78 is 5.10. The highest BCUT2D eigenvalue weighted by molar-refractivity contribution is 5.88. The number of likely N-dealkylation sites (tertiary alicyclic amines) is 2. The molecule has 1 spiro atoms. The van der Waals surface area contributed by atoms with Crippen LogP contribution >= 0.6 is 0 Å². The number of carbonyl (C=O) groups excluding carboxylic acids is 2. The number of ether oxygens (including phenoxy) is 1. The van der Waals surface area contributed by atoms with Crippen LogP contribution in [0.2, 0.25) is 0 Å². The molecular weight excluding hydrogens is 468 g/mol. The van der Waals surface area contributed by atoms with Gasteiger partial charge in [0, 0.05) is 50.9 Å². The SMILES string of the molecule is C=CC(=O)N1CC2(C1)CN(C(CC1CC1)c1ccc([C@H](C)Nc3ncc4c(n3)N(C)C(=O)OC4)cc1)C2.